The molecule has 4 heteroatoms. The molecule has 0 radical (unpaired) electrons. The molecule has 3 fully saturated rings. The summed E-state index contributed by atoms with van der Waals surface area (Å²) in [6, 6.07) is 0. The van der Waals surface area contributed by atoms with E-state index in [1.807, 2.05) is 0 Å². The number of carbonyl (C=O) groups is 2. The molecule has 1 amide bonds. The Morgan fingerprint density at radius 2 is 1.82 bits per heavy atom. The van der Waals surface area contributed by atoms with Gasteiger partial charge >= 0.3 is 5.97 Å². The van der Waals surface area contributed by atoms with Gasteiger partial charge in [-0.15, -0.1) is 0 Å². The molecule has 0 saturated heterocycles. The molecule has 0 heterocycles. The molecule has 3 aliphatic carbocycles. The van der Waals surface area contributed by atoms with Crippen LogP contribution in [0.1, 0.15) is 32.1 Å². The topological polar surface area (TPSA) is 66.4 Å². The molecule has 17 heavy (non-hydrogen) atoms. The van der Waals surface area contributed by atoms with Crippen molar-refractivity contribution < 1.29 is 14.7 Å². The number of carboxylic acid groups (broad SMARTS) is 1. The van der Waals surface area contributed by atoms with Gasteiger partial charge in [0.25, 0.3) is 0 Å². The monoisotopic (exact) mass is 237 g/mol. The Labute approximate surface area is 101 Å². The first-order valence-corrected chi connectivity index (χ1v) is 6.68. The van der Waals surface area contributed by atoms with Crippen LogP contribution in [0.15, 0.2) is 0 Å². The Kier molecular flexibility index (Phi) is 2.60. The Hall–Kier alpha value is -1.06. The number of hydrogen-bond donors (Lipinski definition) is 2. The number of nitrogens with one attached hydrogen (secondary N) is 1. The molecule has 2 bridgehead atoms. The lowest BCUT2D eigenvalue weighted by Crippen LogP contribution is -2.28. The number of rotatable bonds is 5. The van der Waals surface area contributed by atoms with E-state index in [0.29, 0.717) is 24.8 Å². The van der Waals surface area contributed by atoms with Crippen molar-refractivity contribution in [2.75, 3.05) is 6.54 Å². The summed E-state index contributed by atoms with van der Waals surface area (Å²) in [5, 5.41) is 11.4. The van der Waals surface area contributed by atoms with Gasteiger partial charge in [0.1, 0.15) is 0 Å². The zero-order valence-corrected chi connectivity index (χ0v) is 9.89. The zero-order chi connectivity index (χ0) is 12.0. The van der Waals surface area contributed by atoms with Crippen LogP contribution in [0.25, 0.3) is 0 Å². The van der Waals surface area contributed by atoms with Gasteiger partial charge in [0, 0.05) is 18.9 Å². The van der Waals surface area contributed by atoms with E-state index in [4.69, 9.17) is 5.11 Å². The van der Waals surface area contributed by atoms with Crippen LogP contribution in [0.3, 0.4) is 0 Å². The van der Waals surface area contributed by atoms with E-state index in [-0.39, 0.29) is 18.2 Å². The molecular formula is C13H19NO3. The van der Waals surface area contributed by atoms with E-state index in [1.54, 1.807) is 0 Å². The molecule has 0 spiro atoms. The number of carbonyl (C=O) groups excluding carboxylic acids is 1. The van der Waals surface area contributed by atoms with Gasteiger partial charge in [-0.05, 0) is 49.4 Å². The third-order valence-electron chi connectivity index (χ3n) is 4.90. The summed E-state index contributed by atoms with van der Waals surface area (Å²) in [4.78, 5) is 22.3. The smallest absolute Gasteiger partial charge is 0.303 e. The molecule has 3 saturated carbocycles. The van der Waals surface area contributed by atoms with Crippen molar-refractivity contribution in [3.8, 4) is 0 Å². The van der Waals surface area contributed by atoms with Gasteiger partial charge in [-0.2, -0.15) is 0 Å². The second-order valence-electron chi connectivity index (χ2n) is 5.80. The lowest BCUT2D eigenvalue weighted by atomic mass is 10.0. The molecule has 3 aliphatic rings. The molecule has 0 aromatic carbocycles. The molecular weight excluding hydrogens is 218 g/mol. The minimum absolute atomic E-state index is 0.142. The maximum atomic E-state index is 11.9. The van der Waals surface area contributed by atoms with Gasteiger partial charge < -0.3 is 10.4 Å². The fourth-order valence-electron chi connectivity index (χ4n) is 4.24. The lowest BCUT2D eigenvalue weighted by molar-refractivity contribution is -0.137. The maximum Gasteiger partial charge on any atom is 0.303 e. The van der Waals surface area contributed by atoms with Crippen molar-refractivity contribution in [2.45, 2.75) is 32.1 Å². The minimum Gasteiger partial charge on any atom is -0.481 e. The van der Waals surface area contributed by atoms with Crippen molar-refractivity contribution in [3.63, 3.8) is 0 Å². The lowest BCUT2D eigenvalue weighted by Gasteiger charge is -2.09. The third-order valence-corrected chi connectivity index (χ3v) is 4.90. The van der Waals surface area contributed by atoms with E-state index in [9.17, 15) is 9.59 Å². The summed E-state index contributed by atoms with van der Waals surface area (Å²) < 4.78 is 0. The summed E-state index contributed by atoms with van der Waals surface area (Å²) in [6.07, 6.45) is 4.69. The van der Waals surface area contributed by atoms with Gasteiger partial charge in [0.2, 0.25) is 5.91 Å². The number of fused-ring (bicyclic) bond motifs is 5. The number of amides is 1. The van der Waals surface area contributed by atoms with E-state index in [1.165, 1.54) is 19.3 Å². The van der Waals surface area contributed by atoms with Gasteiger partial charge in [0.15, 0.2) is 0 Å². The highest BCUT2D eigenvalue weighted by atomic mass is 16.4. The van der Waals surface area contributed by atoms with Gasteiger partial charge in [-0.1, -0.05) is 0 Å². The Balaban J connectivity index is 1.42. The van der Waals surface area contributed by atoms with Crippen molar-refractivity contribution >= 4 is 11.9 Å². The second kappa shape index (κ2) is 4.00. The van der Waals surface area contributed by atoms with Crippen LogP contribution in [0.5, 0.6) is 0 Å². The van der Waals surface area contributed by atoms with E-state index in [2.05, 4.69) is 5.32 Å². The largest absolute Gasteiger partial charge is 0.481 e. The summed E-state index contributed by atoms with van der Waals surface area (Å²) in [7, 11) is 0. The molecule has 4 unspecified atom stereocenters. The highest BCUT2D eigenvalue weighted by Gasteiger charge is 2.67. The number of aliphatic carboxylic acids is 1. The molecule has 3 rings (SSSR count). The van der Waals surface area contributed by atoms with Crippen LogP contribution in [-0.2, 0) is 9.59 Å². The minimum atomic E-state index is -0.791. The maximum absolute atomic E-state index is 11.9. The molecule has 4 atom stereocenters. The number of hydrogen-bond acceptors (Lipinski definition) is 2. The third kappa shape index (κ3) is 1.83. The average Bonchev–Trinajstić information content (AvgIpc) is 2.73. The van der Waals surface area contributed by atoms with Gasteiger partial charge in [-0.3, -0.25) is 9.59 Å². The molecule has 0 aromatic rings. The van der Waals surface area contributed by atoms with E-state index < -0.39 is 5.97 Å². The summed E-state index contributed by atoms with van der Waals surface area (Å²) in [5.74, 6) is 2.65. The molecule has 2 N–H and O–H groups in total. The van der Waals surface area contributed by atoms with Crippen LogP contribution in [-0.4, -0.2) is 23.5 Å². The first-order chi connectivity index (χ1) is 8.18. The van der Waals surface area contributed by atoms with Crippen LogP contribution in [0.2, 0.25) is 0 Å². The zero-order valence-electron chi connectivity index (χ0n) is 9.89. The standard InChI is InChI=1S/C13H19NO3/c15-9(16)2-1-5-14-13(17)12-10-7-3-4-8(6-7)11(10)12/h7-8,10-12H,1-6H2,(H,14,17)(H,15,16). The van der Waals surface area contributed by atoms with Crippen LogP contribution in [0, 0.1) is 29.6 Å². The molecule has 0 aliphatic heterocycles. The second-order valence-corrected chi connectivity index (χ2v) is 5.80. The first-order valence-electron chi connectivity index (χ1n) is 6.68. The molecule has 4 nitrogen and oxygen atoms in total. The fourth-order valence-corrected chi connectivity index (χ4v) is 4.24. The normalized spacial score (nSPS) is 41.1. The highest BCUT2D eigenvalue weighted by Crippen LogP contribution is 2.69. The van der Waals surface area contributed by atoms with E-state index >= 15 is 0 Å². The summed E-state index contributed by atoms with van der Waals surface area (Å²) >= 11 is 0. The van der Waals surface area contributed by atoms with E-state index in [0.717, 1.165) is 11.8 Å². The average molecular weight is 237 g/mol. The van der Waals surface area contributed by atoms with Gasteiger partial charge in [-0.25, -0.2) is 0 Å². The fraction of sp³-hybridized carbons (Fsp3) is 0.846. The highest BCUT2D eigenvalue weighted by molar-refractivity contribution is 5.82. The Morgan fingerprint density at radius 1 is 1.18 bits per heavy atom. The van der Waals surface area contributed by atoms with Crippen molar-refractivity contribution in [1.82, 2.24) is 5.32 Å². The van der Waals surface area contributed by atoms with Crippen LogP contribution >= 0.6 is 0 Å². The predicted octanol–water partition coefficient (Wildman–Crippen LogP) is 1.26. The molecule has 94 valence electrons. The summed E-state index contributed by atoms with van der Waals surface area (Å²) in [5.41, 5.74) is 0. The predicted molar refractivity (Wildman–Crippen MR) is 61.2 cm³/mol. The number of carboxylic acids is 1. The molecule has 0 aromatic heterocycles. The van der Waals surface area contributed by atoms with Crippen molar-refractivity contribution in [2.24, 2.45) is 29.6 Å². The first kappa shape index (κ1) is 11.1. The van der Waals surface area contributed by atoms with Crippen molar-refractivity contribution in [3.05, 3.63) is 0 Å². The van der Waals surface area contributed by atoms with Crippen LogP contribution < -0.4 is 5.32 Å². The SMILES string of the molecule is O=C(O)CCCNC(=O)C1C2C3CCC(C3)C12. The van der Waals surface area contributed by atoms with Crippen molar-refractivity contribution in [1.29, 1.82) is 0 Å². The quantitative estimate of drug-likeness (QED) is 0.707. The summed E-state index contributed by atoms with van der Waals surface area (Å²) in [6.45, 7) is 0.510. The van der Waals surface area contributed by atoms with Gasteiger partial charge in [0.05, 0.1) is 0 Å². The Bertz CT molecular complexity index is 339. The Morgan fingerprint density at radius 3 is 2.41 bits per heavy atom. The van der Waals surface area contributed by atoms with Crippen LogP contribution in [0.4, 0.5) is 0 Å².